The molecular weight excluding hydrogens is 907 g/mol. The summed E-state index contributed by atoms with van der Waals surface area (Å²) in [5, 5.41) is 56.5. The zero-order chi connectivity index (χ0) is 52.5. The van der Waals surface area contributed by atoms with E-state index < -0.39 is 67.4 Å². The average molecular weight is 1000 g/mol. The monoisotopic (exact) mass is 1000 g/mol. The van der Waals surface area contributed by atoms with E-state index in [-0.39, 0.29) is 19.4 Å². The number of amides is 1. The molecule has 1 rings (SSSR count). The summed E-state index contributed by atoms with van der Waals surface area (Å²) < 4.78 is 17.4. The molecule has 404 valence electrons. The molecule has 1 heterocycles. The molecule has 1 aliphatic heterocycles. The van der Waals surface area contributed by atoms with Crippen LogP contribution >= 0.6 is 0 Å². The van der Waals surface area contributed by atoms with Crippen LogP contribution in [0, 0.1) is 0 Å². The Bertz CT molecular complexity index is 1720. The zero-order valence-corrected chi connectivity index (χ0v) is 44.2. The molecule has 1 fully saturated rings. The van der Waals surface area contributed by atoms with Crippen molar-refractivity contribution in [1.82, 2.24) is 5.32 Å². The minimum absolute atomic E-state index is 0.00931. The van der Waals surface area contributed by atoms with Crippen molar-refractivity contribution in [3.8, 4) is 0 Å². The molecule has 0 bridgehead atoms. The second kappa shape index (κ2) is 47.5. The van der Waals surface area contributed by atoms with Crippen LogP contribution < -0.4 is 5.32 Å². The topological polar surface area (TPSA) is 175 Å². The minimum Gasteiger partial charge on any atom is -0.454 e. The lowest BCUT2D eigenvalue weighted by atomic mass is 9.99. The van der Waals surface area contributed by atoms with Crippen LogP contribution in [0.3, 0.4) is 0 Å². The molecular formula is C61H95NO10. The van der Waals surface area contributed by atoms with E-state index in [9.17, 15) is 35.1 Å². The Kier molecular flexibility index (Phi) is 43.3. The van der Waals surface area contributed by atoms with Gasteiger partial charge in [0, 0.05) is 12.8 Å². The quantitative estimate of drug-likeness (QED) is 0.0149. The van der Waals surface area contributed by atoms with Crippen molar-refractivity contribution >= 4 is 11.9 Å². The Labute approximate surface area is 435 Å². The van der Waals surface area contributed by atoms with Crippen molar-refractivity contribution in [1.29, 1.82) is 0 Å². The Morgan fingerprint density at radius 3 is 1.60 bits per heavy atom. The minimum atomic E-state index is -1.66. The Hall–Kier alpha value is -4.46. The molecule has 6 N–H and O–H groups in total. The third-order valence-electron chi connectivity index (χ3n) is 11.6. The third-order valence-corrected chi connectivity index (χ3v) is 11.6. The van der Waals surface area contributed by atoms with Crippen molar-refractivity contribution < 1.29 is 49.3 Å². The van der Waals surface area contributed by atoms with Crippen LogP contribution in [0.25, 0.3) is 0 Å². The van der Waals surface area contributed by atoms with Crippen molar-refractivity contribution in [3.63, 3.8) is 0 Å². The summed E-state index contributed by atoms with van der Waals surface area (Å²) >= 11 is 0. The Morgan fingerprint density at radius 2 is 1.06 bits per heavy atom. The van der Waals surface area contributed by atoms with Crippen LogP contribution in [0.2, 0.25) is 0 Å². The molecule has 8 atom stereocenters. The number of allylic oxidation sites excluding steroid dienone is 22. The number of nitrogens with one attached hydrogen (secondary N) is 1. The fourth-order valence-corrected chi connectivity index (χ4v) is 7.34. The molecule has 0 spiro atoms. The number of esters is 1. The first-order valence-corrected chi connectivity index (χ1v) is 27.2. The van der Waals surface area contributed by atoms with Crippen LogP contribution in [-0.4, -0.2) is 99.6 Å². The summed E-state index contributed by atoms with van der Waals surface area (Å²) in [6, 6.07) is -1.09. The van der Waals surface area contributed by atoms with Crippen LogP contribution in [0.5, 0.6) is 0 Å². The molecule has 0 saturated carbocycles. The lowest BCUT2D eigenvalue weighted by Crippen LogP contribution is -2.61. The first-order valence-electron chi connectivity index (χ1n) is 27.2. The molecule has 0 aromatic rings. The number of carbonyl (C=O) groups excluding carboxylic acids is 2. The summed E-state index contributed by atoms with van der Waals surface area (Å²) in [6.45, 7) is 5.39. The van der Waals surface area contributed by atoms with E-state index in [1.807, 2.05) is 72.9 Å². The van der Waals surface area contributed by atoms with Gasteiger partial charge in [0.1, 0.15) is 24.4 Å². The standard InChI is InChI=1S/C61H95NO10/c1-4-7-10-13-16-19-22-25-26-27-28-29-31-33-36-39-42-45-48-54(65)60(69)62-52(53(64)47-44-41-38-35-32-24-21-18-15-12-9-6-3)51-70-61-59(58(68)57(67)55(50-63)71-61)72-56(66)49-46-43-40-37-34-30-23-20-17-14-11-8-5-2/h7-8,10-11,14,16-17,19-20,23,25-26,28-30,33-34,36-37,40,42,44-45,47,52-55,57-59,61,63-65,67-68H,4-6,9,12-13,15,18,21-22,24,27,31-32,35,38-39,41,43,46,48-51H2,1-3H3,(H,62,69)/b10-7-,11-8+,17-14+,19-16-,23-20-,26-25-,29-28-,34-30-,36-33-,40-37+,45-42-,47-44+. The van der Waals surface area contributed by atoms with Gasteiger partial charge in [-0.1, -0.05) is 224 Å². The highest BCUT2D eigenvalue weighted by molar-refractivity contribution is 5.81. The van der Waals surface area contributed by atoms with Gasteiger partial charge in [0.15, 0.2) is 12.4 Å². The van der Waals surface area contributed by atoms with Gasteiger partial charge in [0.25, 0.3) is 0 Å². The summed E-state index contributed by atoms with van der Waals surface area (Å²) in [5.74, 6) is -1.38. The molecule has 0 aromatic heterocycles. The molecule has 1 aliphatic rings. The second-order valence-corrected chi connectivity index (χ2v) is 18.0. The molecule has 72 heavy (non-hydrogen) atoms. The van der Waals surface area contributed by atoms with Crippen molar-refractivity contribution in [2.24, 2.45) is 0 Å². The zero-order valence-electron chi connectivity index (χ0n) is 44.2. The van der Waals surface area contributed by atoms with Crippen LogP contribution in [-0.2, 0) is 23.8 Å². The van der Waals surface area contributed by atoms with Gasteiger partial charge in [-0.3, -0.25) is 9.59 Å². The van der Waals surface area contributed by atoms with Gasteiger partial charge in [-0.05, 0) is 70.6 Å². The van der Waals surface area contributed by atoms with E-state index in [0.717, 1.165) is 64.2 Å². The SMILES string of the molecule is CC/C=C\C/C=C\C/C=C\C/C=C\C/C=C\C/C=C\CC(O)C(=O)NC(COC1OC(CO)C(O)C(O)C1OC(=O)CCC/C=C/C=C\C=C/C=C/C=C/CC)C(O)/C=C/CCCCCCCCCCCC. The molecule has 8 unspecified atom stereocenters. The highest BCUT2D eigenvalue weighted by Gasteiger charge is 2.47. The van der Waals surface area contributed by atoms with E-state index in [1.54, 1.807) is 12.2 Å². The van der Waals surface area contributed by atoms with Gasteiger partial charge in [0.2, 0.25) is 5.91 Å². The predicted octanol–water partition coefficient (Wildman–Crippen LogP) is 11.9. The Morgan fingerprint density at radius 1 is 0.569 bits per heavy atom. The highest BCUT2D eigenvalue weighted by atomic mass is 16.7. The van der Waals surface area contributed by atoms with Gasteiger partial charge in [-0.25, -0.2) is 0 Å². The average Bonchev–Trinajstić information content (AvgIpc) is 3.38. The highest BCUT2D eigenvalue weighted by Crippen LogP contribution is 2.26. The smallest absolute Gasteiger partial charge is 0.306 e. The maximum atomic E-state index is 13.3. The number of unbranched alkanes of at least 4 members (excludes halogenated alkanes) is 11. The van der Waals surface area contributed by atoms with E-state index >= 15 is 0 Å². The van der Waals surface area contributed by atoms with E-state index in [0.29, 0.717) is 19.3 Å². The summed E-state index contributed by atoms with van der Waals surface area (Å²) in [4.78, 5) is 26.3. The largest absolute Gasteiger partial charge is 0.454 e. The van der Waals surface area contributed by atoms with Crippen molar-refractivity contribution in [2.75, 3.05) is 13.2 Å². The first kappa shape index (κ1) is 65.6. The number of ether oxygens (including phenoxy) is 3. The fourth-order valence-electron chi connectivity index (χ4n) is 7.34. The van der Waals surface area contributed by atoms with E-state index in [1.165, 1.54) is 44.9 Å². The number of rotatable bonds is 42. The molecule has 0 aliphatic carbocycles. The number of hydrogen-bond donors (Lipinski definition) is 6. The summed E-state index contributed by atoms with van der Waals surface area (Å²) in [7, 11) is 0. The third kappa shape index (κ3) is 35.6. The van der Waals surface area contributed by atoms with Gasteiger partial charge >= 0.3 is 5.97 Å². The van der Waals surface area contributed by atoms with Gasteiger partial charge in [-0.2, -0.15) is 0 Å². The van der Waals surface area contributed by atoms with Crippen LogP contribution in [0.15, 0.2) is 146 Å². The maximum absolute atomic E-state index is 13.3. The Balaban J connectivity index is 2.87. The second-order valence-electron chi connectivity index (χ2n) is 18.0. The van der Waals surface area contributed by atoms with E-state index in [4.69, 9.17) is 14.2 Å². The molecule has 0 aromatic carbocycles. The summed E-state index contributed by atoms with van der Waals surface area (Å²) in [5.41, 5.74) is 0. The lowest BCUT2D eigenvalue weighted by molar-refractivity contribution is -0.305. The van der Waals surface area contributed by atoms with Gasteiger partial charge < -0.3 is 45.1 Å². The number of aliphatic hydroxyl groups excluding tert-OH is 5. The predicted molar refractivity (Wildman–Crippen MR) is 296 cm³/mol. The number of aliphatic hydroxyl groups is 5. The summed E-state index contributed by atoms with van der Waals surface area (Å²) in [6.07, 6.45) is 57.8. The molecule has 1 amide bonds. The van der Waals surface area contributed by atoms with E-state index in [2.05, 4.69) is 86.8 Å². The van der Waals surface area contributed by atoms with Gasteiger partial charge in [-0.15, -0.1) is 0 Å². The molecule has 0 radical (unpaired) electrons. The van der Waals surface area contributed by atoms with Crippen molar-refractivity contribution in [3.05, 3.63) is 146 Å². The first-order chi connectivity index (χ1) is 35.2. The van der Waals surface area contributed by atoms with Gasteiger partial charge in [0.05, 0.1) is 25.4 Å². The molecule has 11 heteroatoms. The molecule has 1 saturated heterocycles. The lowest BCUT2D eigenvalue weighted by Gasteiger charge is -2.41. The van der Waals surface area contributed by atoms with Crippen molar-refractivity contribution in [2.45, 2.75) is 211 Å². The van der Waals surface area contributed by atoms with Crippen LogP contribution in [0.1, 0.15) is 162 Å². The normalized spacial score (nSPS) is 20.7. The fraction of sp³-hybridized carbons (Fsp3) is 0.574. The molecule has 11 nitrogen and oxygen atoms in total. The van der Waals surface area contributed by atoms with Crippen LogP contribution in [0.4, 0.5) is 0 Å². The number of carbonyl (C=O) groups is 2. The number of hydrogen-bond acceptors (Lipinski definition) is 10. The maximum Gasteiger partial charge on any atom is 0.306 e.